The van der Waals surface area contributed by atoms with Crippen LogP contribution in [0.1, 0.15) is 23.2 Å². The number of amides is 1. The summed E-state index contributed by atoms with van der Waals surface area (Å²) in [6.45, 7) is 0.783. The predicted molar refractivity (Wildman–Crippen MR) is 54.4 cm³/mol. The Morgan fingerprint density at radius 1 is 1.73 bits per heavy atom. The van der Waals surface area contributed by atoms with Gasteiger partial charge in [0.25, 0.3) is 5.91 Å². The predicted octanol–water partition coefficient (Wildman–Crippen LogP) is 0.0170. The van der Waals surface area contributed by atoms with Crippen LogP contribution in [0.15, 0.2) is 12.4 Å². The number of hydrogen-bond donors (Lipinski definition) is 1. The summed E-state index contributed by atoms with van der Waals surface area (Å²) in [5.74, 6) is -0.0281. The fraction of sp³-hybridized carbons (Fsp3) is 0.600. The third kappa shape index (κ3) is 1.87. The molecule has 82 valence electrons. The first-order chi connectivity index (χ1) is 7.22. The molecule has 0 radical (unpaired) electrons. The van der Waals surface area contributed by atoms with E-state index in [4.69, 9.17) is 5.11 Å². The largest absolute Gasteiger partial charge is 0.394 e. The first-order valence-electron chi connectivity index (χ1n) is 5.13. The zero-order valence-corrected chi connectivity index (χ0v) is 8.76. The highest BCUT2D eigenvalue weighted by atomic mass is 16.3. The SMILES string of the molecule is Cn1cc(C(=O)N2CCC[C@H]2CO)cn1. The topological polar surface area (TPSA) is 58.4 Å². The van der Waals surface area contributed by atoms with Crippen LogP contribution in [0.3, 0.4) is 0 Å². The van der Waals surface area contributed by atoms with Crippen LogP contribution in [-0.4, -0.2) is 44.9 Å². The Kier molecular flexibility index (Phi) is 2.73. The maximum Gasteiger partial charge on any atom is 0.257 e. The van der Waals surface area contributed by atoms with Crippen molar-refractivity contribution in [2.24, 2.45) is 7.05 Å². The van der Waals surface area contributed by atoms with Gasteiger partial charge in [0.2, 0.25) is 0 Å². The highest BCUT2D eigenvalue weighted by molar-refractivity contribution is 5.94. The summed E-state index contributed by atoms with van der Waals surface area (Å²) in [6.07, 6.45) is 5.13. The van der Waals surface area contributed by atoms with E-state index in [1.165, 1.54) is 0 Å². The summed E-state index contributed by atoms with van der Waals surface area (Å²) in [4.78, 5) is 13.7. The van der Waals surface area contributed by atoms with Gasteiger partial charge < -0.3 is 10.0 Å². The van der Waals surface area contributed by atoms with Crippen molar-refractivity contribution >= 4 is 5.91 Å². The standard InChI is InChI=1S/C10H15N3O2/c1-12-6-8(5-11-12)10(15)13-4-2-3-9(13)7-14/h5-6,9,14H,2-4,7H2,1H3/t9-/m0/s1. The lowest BCUT2D eigenvalue weighted by Gasteiger charge is -2.22. The second-order valence-electron chi connectivity index (χ2n) is 3.88. The Labute approximate surface area is 88.3 Å². The van der Waals surface area contributed by atoms with E-state index >= 15 is 0 Å². The number of rotatable bonds is 2. The van der Waals surface area contributed by atoms with E-state index in [2.05, 4.69) is 5.10 Å². The highest BCUT2D eigenvalue weighted by Gasteiger charge is 2.29. The number of nitrogens with zero attached hydrogens (tertiary/aromatic N) is 3. The maximum absolute atomic E-state index is 12.0. The molecule has 1 amide bonds. The van der Waals surface area contributed by atoms with Crippen LogP contribution in [0.5, 0.6) is 0 Å². The molecule has 2 rings (SSSR count). The Balaban J connectivity index is 2.13. The van der Waals surface area contributed by atoms with Gasteiger partial charge in [-0.3, -0.25) is 9.48 Å². The number of aliphatic hydroxyl groups excluding tert-OH is 1. The smallest absolute Gasteiger partial charge is 0.257 e. The Bertz CT molecular complexity index is 361. The van der Waals surface area contributed by atoms with Crippen molar-refractivity contribution in [3.8, 4) is 0 Å². The number of carbonyl (C=O) groups excluding carboxylic acids is 1. The molecule has 1 aliphatic rings. The van der Waals surface area contributed by atoms with Crippen molar-refractivity contribution in [2.45, 2.75) is 18.9 Å². The second-order valence-corrected chi connectivity index (χ2v) is 3.88. The van der Waals surface area contributed by atoms with Crippen molar-refractivity contribution in [1.29, 1.82) is 0 Å². The van der Waals surface area contributed by atoms with E-state index in [1.807, 2.05) is 0 Å². The van der Waals surface area contributed by atoms with Crippen LogP contribution in [0.25, 0.3) is 0 Å². The van der Waals surface area contributed by atoms with E-state index < -0.39 is 0 Å². The zero-order chi connectivity index (χ0) is 10.8. The molecule has 1 aromatic rings. The van der Waals surface area contributed by atoms with Crippen LogP contribution in [0, 0.1) is 0 Å². The minimum atomic E-state index is -0.0281. The molecule has 1 aromatic heterocycles. The molecule has 0 unspecified atom stereocenters. The lowest BCUT2D eigenvalue weighted by atomic mass is 10.2. The first kappa shape index (κ1) is 10.2. The van der Waals surface area contributed by atoms with Gasteiger partial charge in [-0.05, 0) is 12.8 Å². The molecular weight excluding hydrogens is 194 g/mol. The summed E-state index contributed by atoms with van der Waals surface area (Å²) in [5, 5.41) is 13.1. The number of aliphatic hydroxyl groups is 1. The fourth-order valence-corrected chi connectivity index (χ4v) is 1.99. The Morgan fingerprint density at radius 2 is 2.53 bits per heavy atom. The Morgan fingerprint density at radius 3 is 3.13 bits per heavy atom. The molecule has 1 fully saturated rings. The normalized spacial score (nSPS) is 20.9. The summed E-state index contributed by atoms with van der Waals surface area (Å²) in [7, 11) is 1.78. The number of aryl methyl sites for hydroxylation is 1. The molecule has 0 bridgehead atoms. The molecule has 0 aliphatic carbocycles. The van der Waals surface area contributed by atoms with E-state index in [-0.39, 0.29) is 18.6 Å². The van der Waals surface area contributed by atoms with Gasteiger partial charge in [0.1, 0.15) is 0 Å². The van der Waals surface area contributed by atoms with Crippen molar-refractivity contribution in [2.75, 3.05) is 13.2 Å². The van der Waals surface area contributed by atoms with Crippen molar-refractivity contribution in [1.82, 2.24) is 14.7 Å². The number of carbonyl (C=O) groups is 1. The zero-order valence-electron chi connectivity index (χ0n) is 8.76. The van der Waals surface area contributed by atoms with Crippen LogP contribution < -0.4 is 0 Å². The summed E-state index contributed by atoms with van der Waals surface area (Å²) in [6, 6.07) is -0.0160. The van der Waals surface area contributed by atoms with E-state index in [9.17, 15) is 4.79 Å². The molecular formula is C10H15N3O2. The molecule has 1 saturated heterocycles. The van der Waals surface area contributed by atoms with Crippen molar-refractivity contribution in [3.63, 3.8) is 0 Å². The molecule has 5 heteroatoms. The van der Waals surface area contributed by atoms with Gasteiger partial charge in [-0.15, -0.1) is 0 Å². The number of aromatic nitrogens is 2. The molecule has 0 saturated carbocycles. The Hall–Kier alpha value is -1.36. The summed E-state index contributed by atoms with van der Waals surface area (Å²) in [5.41, 5.74) is 0.595. The van der Waals surface area contributed by atoms with Gasteiger partial charge in [0.05, 0.1) is 24.4 Å². The third-order valence-electron chi connectivity index (χ3n) is 2.80. The van der Waals surface area contributed by atoms with Crippen LogP contribution in [0.4, 0.5) is 0 Å². The first-order valence-corrected chi connectivity index (χ1v) is 5.13. The second kappa shape index (κ2) is 4.02. The minimum Gasteiger partial charge on any atom is -0.394 e. The number of likely N-dealkylation sites (tertiary alicyclic amines) is 1. The lowest BCUT2D eigenvalue weighted by molar-refractivity contribution is 0.0677. The quantitative estimate of drug-likeness (QED) is 0.747. The van der Waals surface area contributed by atoms with E-state index in [1.54, 1.807) is 29.0 Å². The minimum absolute atomic E-state index is 0.0160. The average Bonchev–Trinajstić information content (AvgIpc) is 2.84. The van der Waals surface area contributed by atoms with E-state index in [0.29, 0.717) is 5.56 Å². The molecule has 15 heavy (non-hydrogen) atoms. The van der Waals surface area contributed by atoms with Gasteiger partial charge in [-0.25, -0.2) is 0 Å². The molecule has 1 atom stereocenters. The van der Waals surface area contributed by atoms with Gasteiger partial charge in [0, 0.05) is 19.8 Å². The van der Waals surface area contributed by atoms with Gasteiger partial charge in [0.15, 0.2) is 0 Å². The molecule has 1 N–H and O–H groups in total. The van der Waals surface area contributed by atoms with Crippen LogP contribution >= 0.6 is 0 Å². The summed E-state index contributed by atoms with van der Waals surface area (Å²) < 4.78 is 1.61. The van der Waals surface area contributed by atoms with Gasteiger partial charge in [-0.1, -0.05) is 0 Å². The lowest BCUT2D eigenvalue weighted by Crippen LogP contribution is -2.37. The van der Waals surface area contributed by atoms with Crippen molar-refractivity contribution < 1.29 is 9.90 Å². The molecule has 0 aromatic carbocycles. The average molecular weight is 209 g/mol. The van der Waals surface area contributed by atoms with Gasteiger partial charge >= 0.3 is 0 Å². The molecule has 1 aliphatic heterocycles. The fourth-order valence-electron chi connectivity index (χ4n) is 1.99. The molecule has 0 spiro atoms. The number of hydrogen-bond acceptors (Lipinski definition) is 3. The monoisotopic (exact) mass is 209 g/mol. The molecule has 2 heterocycles. The highest BCUT2D eigenvalue weighted by Crippen LogP contribution is 2.19. The van der Waals surface area contributed by atoms with E-state index in [0.717, 1.165) is 19.4 Å². The van der Waals surface area contributed by atoms with Crippen LogP contribution in [-0.2, 0) is 7.05 Å². The third-order valence-corrected chi connectivity index (χ3v) is 2.80. The molecule has 5 nitrogen and oxygen atoms in total. The summed E-state index contributed by atoms with van der Waals surface area (Å²) >= 11 is 0. The maximum atomic E-state index is 12.0. The van der Waals surface area contributed by atoms with Crippen LogP contribution in [0.2, 0.25) is 0 Å². The van der Waals surface area contributed by atoms with Gasteiger partial charge in [-0.2, -0.15) is 5.10 Å². The van der Waals surface area contributed by atoms with Crippen molar-refractivity contribution in [3.05, 3.63) is 18.0 Å².